The van der Waals surface area contributed by atoms with Crippen molar-refractivity contribution >= 4 is 17.7 Å². The first-order chi connectivity index (χ1) is 13.7. The van der Waals surface area contributed by atoms with Crippen LogP contribution in [-0.2, 0) is 11.3 Å². The second kappa shape index (κ2) is 7.93. The lowest BCUT2D eigenvalue weighted by Crippen LogP contribution is -2.44. The number of nitrogens with one attached hydrogen (secondary N) is 2. The fourth-order valence-corrected chi connectivity index (χ4v) is 4.26. The van der Waals surface area contributed by atoms with E-state index >= 15 is 0 Å². The second-order valence-electron chi connectivity index (χ2n) is 6.49. The summed E-state index contributed by atoms with van der Waals surface area (Å²) >= 11 is 1.42. The first-order valence-electron chi connectivity index (χ1n) is 8.96. The molecule has 0 spiro atoms. The van der Waals surface area contributed by atoms with Gasteiger partial charge in [-0.25, -0.2) is 4.68 Å². The van der Waals surface area contributed by atoms with Crippen LogP contribution in [0.2, 0.25) is 0 Å². The van der Waals surface area contributed by atoms with Gasteiger partial charge in [0.2, 0.25) is 11.1 Å². The van der Waals surface area contributed by atoms with E-state index in [1.807, 2.05) is 66.2 Å². The van der Waals surface area contributed by atoms with Crippen LogP contribution in [0.4, 0.5) is 0 Å². The smallest absolute Gasteiger partial charge is 0.236 e. The summed E-state index contributed by atoms with van der Waals surface area (Å²) in [5.41, 5.74) is 5.45. The number of benzene rings is 2. The zero-order valence-electron chi connectivity index (χ0n) is 15.6. The van der Waals surface area contributed by atoms with E-state index in [0.717, 1.165) is 22.7 Å². The van der Waals surface area contributed by atoms with Crippen LogP contribution < -0.4 is 15.5 Å². The Bertz CT molecular complexity index is 958. The fourth-order valence-electron chi connectivity index (χ4n) is 3.11. The normalized spacial score (nSPS) is 18.1. The molecular weight excluding hydrogens is 374 g/mol. The molecule has 0 saturated heterocycles. The van der Waals surface area contributed by atoms with E-state index in [4.69, 9.17) is 4.74 Å². The third kappa shape index (κ3) is 3.68. The molecule has 144 valence electrons. The second-order valence-corrected chi connectivity index (χ2v) is 7.60. The van der Waals surface area contributed by atoms with Gasteiger partial charge in [0.15, 0.2) is 0 Å². The number of nitrogens with zero attached hydrogens (tertiary/aromatic N) is 3. The van der Waals surface area contributed by atoms with Crippen LogP contribution in [0.5, 0.6) is 5.75 Å². The lowest BCUT2D eigenvalue weighted by Gasteiger charge is -2.32. The van der Waals surface area contributed by atoms with Crippen molar-refractivity contribution in [2.45, 2.75) is 29.9 Å². The first kappa shape index (κ1) is 18.4. The predicted octanol–water partition coefficient (Wildman–Crippen LogP) is 2.67. The van der Waals surface area contributed by atoms with Crippen molar-refractivity contribution in [3.05, 3.63) is 71.5 Å². The molecule has 0 radical (unpaired) electrons. The van der Waals surface area contributed by atoms with Crippen molar-refractivity contribution < 1.29 is 9.53 Å². The van der Waals surface area contributed by atoms with Gasteiger partial charge in [-0.15, -0.1) is 10.2 Å². The molecule has 1 aromatic heterocycles. The summed E-state index contributed by atoms with van der Waals surface area (Å²) in [7, 11) is 1.64. The molecule has 4 rings (SSSR count). The van der Waals surface area contributed by atoms with E-state index < -0.39 is 0 Å². The van der Waals surface area contributed by atoms with Crippen LogP contribution in [0.15, 0.2) is 59.8 Å². The molecule has 0 unspecified atom stereocenters. The fraction of sp³-hybridized carbons (Fsp3) is 0.250. The van der Waals surface area contributed by atoms with Crippen LogP contribution in [0, 0.1) is 6.92 Å². The topological polar surface area (TPSA) is 81.1 Å². The minimum Gasteiger partial charge on any atom is -0.497 e. The van der Waals surface area contributed by atoms with Crippen LogP contribution in [-0.4, -0.2) is 33.1 Å². The highest BCUT2D eigenvalue weighted by Crippen LogP contribution is 2.37. The molecule has 2 N–H and O–H groups in total. The number of thioether (sulfide) groups is 1. The molecule has 2 aromatic carbocycles. The number of aryl methyl sites for hydroxylation is 1. The molecule has 0 bridgehead atoms. The Morgan fingerprint density at radius 3 is 2.64 bits per heavy atom. The molecule has 7 nitrogen and oxygen atoms in total. The number of amides is 1. The number of methoxy groups -OCH3 is 1. The molecule has 0 saturated carbocycles. The number of rotatable bonds is 5. The van der Waals surface area contributed by atoms with Crippen LogP contribution in [0.1, 0.15) is 23.0 Å². The number of hydrogen-bond acceptors (Lipinski definition) is 6. The Kier molecular flexibility index (Phi) is 5.21. The van der Waals surface area contributed by atoms with E-state index in [1.54, 1.807) is 7.11 Å². The van der Waals surface area contributed by atoms with Gasteiger partial charge in [0.05, 0.1) is 13.2 Å². The summed E-state index contributed by atoms with van der Waals surface area (Å²) in [5, 5.41) is 11.6. The van der Waals surface area contributed by atoms with Gasteiger partial charge in [0, 0.05) is 6.54 Å². The zero-order valence-corrected chi connectivity index (χ0v) is 16.4. The van der Waals surface area contributed by atoms with Crippen molar-refractivity contribution in [3.63, 3.8) is 0 Å². The number of carbonyl (C=O) groups excluding carboxylic acids is 1. The lowest BCUT2D eigenvalue weighted by atomic mass is 10.0. The number of carbonyl (C=O) groups is 1. The number of aromatic nitrogens is 3. The molecule has 2 heterocycles. The maximum atomic E-state index is 13.0. The lowest BCUT2D eigenvalue weighted by molar-refractivity contribution is -0.121. The van der Waals surface area contributed by atoms with Gasteiger partial charge < -0.3 is 15.5 Å². The van der Waals surface area contributed by atoms with Crippen molar-refractivity contribution in [3.8, 4) is 5.75 Å². The van der Waals surface area contributed by atoms with Crippen LogP contribution in [0.3, 0.4) is 0 Å². The van der Waals surface area contributed by atoms with E-state index in [0.29, 0.717) is 11.7 Å². The number of fused-ring (bicyclic) bond motifs is 1. The van der Waals surface area contributed by atoms with E-state index in [-0.39, 0.29) is 17.2 Å². The van der Waals surface area contributed by atoms with Crippen molar-refractivity contribution in [2.75, 3.05) is 12.5 Å². The van der Waals surface area contributed by atoms with Gasteiger partial charge in [-0.2, -0.15) is 0 Å². The maximum absolute atomic E-state index is 13.0. The summed E-state index contributed by atoms with van der Waals surface area (Å²) < 4.78 is 7.09. The molecule has 3 aromatic rings. The van der Waals surface area contributed by atoms with E-state index in [2.05, 4.69) is 20.9 Å². The number of hydrogen-bond donors (Lipinski definition) is 2. The Labute approximate surface area is 167 Å². The van der Waals surface area contributed by atoms with E-state index in [9.17, 15) is 4.79 Å². The summed E-state index contributed by atoms with van der Waals surface area (Å²) in [6.45, 7) is 2.36. The van der Waals surface area contributed by atoms with Crippen molar-refractivity contribution in [2.24, 2.45) is 0 Å². The highest BCUT2D eigenvalue weighted by atomic mass is 32.2. The molecule has 1 amide bonds. The zero-order chi connectivity index (χ0) is 19.5. The summed E-state index contributed by atoms with van der Waals surface area (Å²) in [6, 6.07) is 17.4. The Morgan fingerprint density at radius 1 is 1.18 bits per heavy atom. The molecule has 28 heavy (non-hydrogen) atoms. The summed E-state index contributed by atoms with van der Waals surface area (Å²) in [6.07, 6.45) is 0. The minimum atomic E-state index is -0.381. The van der Waals surface area contributed by atoms with Gasteiger partial charge in [0.25, 0.3) is 0 Å². The minimum absolute atomic E-state index is 0.0472. The molecular formula is C20H21N5O2S. The molecule has 0 aliphatic carbocycles. The standard InChI is InChI=1S/C20H21N5O2S/c1-13-22-23-20-25(13)24-17(15-8-10-16(27-2)11-9-15)18(28-20)19(26)21-12-14-6-4-3-5-7-14/h3-11,17-18,24H,12H2,1-2H3,(H,21,26)/t17-,18+/m1/s1. The SMILES string of the molecule is COc1ccc([C@H]2Nn3c(C)nnc3S[C@@H]2C(=O)NCc2ccccc2)cc1. The Hall–Kier alpha value is -3.00. The van der Waals surface area contributed by atoms with Gasteiger partial charge in [-0.05, 0) is 30.2 Å². The van der Waals surface area contributed by atoms with Gasteiger partial charge in [-0.3, -0.25) is 4.79 Å². The average Bonchev–Trinajstić information content (AvgIpc) is 3.12. The average molecular weight is 395 g/mol. The van der Waals surface area contributed by atoms with Crippen LogP contribution in [0.25, 0.3) is 0 Å². The van der Waals surface area contributed by atoms with Gasteiger partial charge in [0.1, 0.15) is 16.8 Å². The predicted molar refractivity (Wildman–Crippen MR) is 108 cm³/mol. The quantitative estimate of drug-likeness (QED) is 0.691. The monoisotopic (exact) mass is 395 g/mol. The summed E-state index contributed by atoms with van der Waals surface area (Å²) in [5.74, 6) is 1.48. The largest absolute Gasteiger partial charge is 0.497 e. The van der Waals surface area contributed by atoms with Crippen LogP contribution >= 0.6 is 11.8 Å². The highest BCUT2D eigenvalue weighted by molar-refractivity contribution is 8.00. The number of ether oxygens (including phenoxy) is 1. The van der Waals surface area contributed by atoms with Gasteiger partial charge >= 0.3 is 0 Å². The Morgan fingerprint density at radius 2 is 1.93 bits per heavy atom. The highest BCUT2D eigenvalue weighted by Gasteiger charge is 2.37. The molecule has 0 fully saturated rings. The van der Waals surface area contributed by atoms with Gasteiger partial charge in [-0.1, -0.05) is 54.2 Å². The maximum Gasteiger partial charge on any atom is 0.236 e. The third-order valence-corrected chi connectivity index (χ3v) is 5.86. The molecule has 2 atom stereocenters. The molecule has 1 aliphatic rings. The Balaban J connectivity index is 1.58. The van der Waals surface area contributed by atoms with Crippen molar-refractivity contribution in [1.82, 2.24) is 20.2 Å². The first-order valence-corrected chi connectivity index (χ1v) is 9.84. The van der Waals surface area contributed by atoms with E-state index in [1.165, 1.54) is 11.8 Å². The van der Waals surface area contributed by atoms with Crippen molar-refractivity contribution in [1.29, 1.82) is 0 Å². The third-order valence-electron chi connectivity index (χ3n) is 4.64. The molecule has 8 heteroatoms. The molecule has 1 aliphatic heterocycles. The summed E-state index contributed by atoms with van der Waals surface area (Å²) in [4.78, 5) is 13.0.